The second-order valence-corrected chi connectivity index (χ2v) is 12.3. The van der Waals surface area contributed by atoms with E-state index in [0.29, 0.717) is 5.95 Å². The number of nitrogens with zero attached hydrogens (tertiary/aromatic N) is 3. The number of aromatic nitrogens is 3. The van der Waals surface area contributed by atoms with Crippen molar-refractivity contribution in [2.24, 2.45) is 0 Å². The van der Waals surface area contributed by atoms with Crippen LogP contribution < -0.4 is 0 Å². The van der Waals surface area contributed by atoms with Gasteiger partial charge in [0.15, 0.2) is 5.58 Å². The summed E-state index contributed by atoms with van der Waals surface area (Å²) < 4.78 is 9.29. The molecule has 10 rings (SSSR count). The maximum Gasteiger partial charge on any atom is 0.235 e. The zero-order valence-corrected chi connectivity index (χ0v) is 25.1. The van der Waals surface area contributed by atoms with Crippen molar-refractivity contribution in [2.75, 3.05) is 0 Å². The topological polar surface area (TPSA) is 43.9 Å². The van der Waals surface area contributed by atoms with Gasteiger partial charge in [0.1, 0.15) is 11.3 Å². The van der Waals surface area contributed by atoms with Crippen LogP contribution in [0.3, 0.4) is 0 Å². The monoisotopic (exact) mass is 589 g/mol. The zero-order chi connectivity index (χ0) is 30.4. The third kappa shape index (κ3) is 3.28. The normalized spacial score (nSPS) is 15.6. The molecule has 0 saturated heterocycles. The smallest absolute Gasteiger partial charge is 0.235 e. The summed E-state index contributed by atoms with van der Waals surface area (Å²) in [5.41, 5.74) is 10.2. The Hall–Kier alpha value is -6.00. The van der Waals surface area contributed by atoms with Crippen LogP contribution >= 0.6 is 0 Å². The number of hydrogen-bond acceptors (Lipinski definition) is 3. The van der Waals surface area contributed by atoms with E-state index in [0.717, 1.165) is 66.3 Å². The van der Waals surface area contributed by atoms with Gasteiger partial charge in [0, 0.05) is 43.7 Å². The lowest BCUT2D eigenvalue weighted by Crippen LogP contribution is -2.22. The highest BCUT2D eigenvalue weighted by Crippen LogP contribution is 2.57. The van der Waals surface area contributed by atoms with Crippen LogP contribution in [-0.2, 0) is 5.41 Å². The fourth-order valence-electron chi connectivity index (χ4n) is 7.80. The van der Waals surface area contributed by atoms with Gasteiger partial charge in [-0.2, -0.15) is 0 Å². The van der Waals surface area contributed by atoms with Crippen LogP contribution in [0.4, 0.5) is 0 Å². The second-order valence-electron chi connectivity index (χ2n) is 12.3. The summed E-state index contributed by atoms with van der Waals surface area (Å²) in [7, 11) is 0. The summed E-state index contributed by atoms with van der Waals surface area (Å²) in [6, 6.07) is 51.1. The molecule has 1 aliphatic carbocycles. The summed E-state index contributed by atoms with van der Waals surface area (Å²) in [5, 5.41) is 4.39. The van der Waals surface area contributed by atoms with Crippen LogP contribution in [0.15, 0.2) is 150 Å². The van der Waals surface area contributed by atoms with Crippen molar-refractivity contribution in [1.29, 1.82) is 0 Å². The molecule has 1 atom stereocenters. The van der Waals surface area contributed by atoms with Gasteiger partial charge in [-0.3, -0.25) is 4.57 Å². The Balaban J connectivity index is 1.35. The molecular formula is C42H27N3O. The van der Waals surface area contributed by atoms with Gasteiger partial charge in [-0.25, -0.2) is 9.97 Å². The van der Waals surface area contributed by atoms with Crippen LogP contribution in [0.5, 0.6) is 0 Å². The standard InChI is InChI=1S/C42H27N3O/c1-42(27-16-6-3-7-17-27)33-21-11-8-19-30(33)39-36(42)32-25-24-29-28-18-10-13-23-35(28)45(38(29)40(32)46-39)41-43-34-22-12-9-20-31(34)37(44-41)26-14-4-2-5-15-26/h2-25H,1H3. The van der Waals surface area contributed by atoms with Gasteiger partial charge >= 0.3 is 0 Å². The first-order chi connectivity index (χ1) is 22.7. The lowest BCUT2D eigenvalue weighted by Gasteiger charge is -2.27. The van der Waals surface area contributed by atoms with Crippen molar-refractivity contribution in [3.8, 4) is 28.5 Å². The SMILES string of the molecule is CC1(c2ccccc2)c2ccccc2-c2oc3c(ccc4c5ccccc5n(-c5nc(-c6ccccc6)c6ccccc6n5)c43)c21. The Bertz CT molecular complexity index is 2650. The first kappa shape index (κ1) is 25.3. The molecular weight excluding hydrogens is 562 g/mol. The van der Waals surface area contributed by atoms with Crippen molar-refractivity contribution >= 4 is 43.7 Å². The third-order valence-corrected chi connectivity index (χ3v) is 9.89. The summed E-state index contributed by atoms with van der Waals surface area (Å²) in [4.78, 5) is 10.5. The number of benzene rings is 6. The highest BCUT2D eigenvalue weighted by molar-refractivity contribution is 6.18. The summed E-state index contributed by atoms with van der Waals surface area (Å²) >= 11 is 0. The van der Waals surface area contributed by atoms with Gasteiger partial charge in [-0.1, -0.05) is 127 Å². The van der Waals surface area contributed by atoms with Gasteiger partial charge in [-0.15, -0.1) is 0 Å². The van der Waals surface area contributed by atoms with E-state index in [1.807, 2.05) is 18.2 Å². The van der Waals surface area contributed by atoms with Crippen molar-refractivity contribution < 1.29 is 4.42 Å². The molecule has 3 heterocycles. The minimum absolute atomic E-state index is 0.372. The Labute approximate surface area is 265 Å². The Morgan fingerprint density at radius 2 is 1.26 bits per heavy atom. The van der Waals surface area contributed by atoms with E-state index < -0.39 is 0 Å². The van der Waals surface area contributed by atoms with Crippen molar-refractivity contribution in [3.63, 3.8) is 0 Å². The van der Waals surface area contributed by atoms with Crippen molar-refractivity contribution in [2.45, 2.75) is 12.3 Å². The van der Waals surface area contributed by atoms with Crippen molar-refractivity contribution in [3.05, 3.63) is 162 Å². The second kappa shape index (κ2) is 9.26. The first-order valence-electron chi connectivity index (χ1n) is 15.7. The van der Waals surface area contributed by atoms with E-state index in [-0.39, 0.29) is 5.41 Å². The predicted octanol–water partition coefficient (Wildman–Crippen LogP) is 10.5. The van der Waals surface area contributed by atoms with E-state index >= 15 is 0 Å². The highest BCUT2D eigenvalue weighted by Gasteiger charge is 2.45. The van der Waals surface area contributed by atoms with Gasteiger partial charge < -0.3 is 4.42 Å². The average molecular weight is 590 g/mol. The predicted molar refractivity (Wildman–Crippen MR) is 187 cm³/mol. The minimum atomic E-state index is -0.372. The zero-order valence-electron chi connectivity index (χ0n) is 25.1. The fraction of sp³-hybridized carbons (Fsp3) is 0.0476. The lowest BCUT2D eigenvalue weighted by atomic mass is 9.74. The molecule has 0 amide bonds. The minimum Gasteiger partial charge on any atom is -0.453 e. The summed E-state index contributed by atoms with van der Waals surface area (Å²) in [6.07, 6.45) is 0. The summed E-state index contributed by atoms with van der Waals surface area (Å²) in [5.74, 6) is 1.56. The molecule has 0 radical (unpaired) electrons. The fourth-order valence-corrected chi connectivity index (χ4v) is 7.80. The first-order valence-corrected chi connectivity index (χ1v) is 15.7. The van der Waals surface area contributed by atoms with Gasteiger partial charge in [0.2, 0.25) is 5.95 Å². The Morgan fingerprint density at radius 1 is 0.587 bits per heavy atom. The third-order valence-electron chi connectivity index (χ3n) is 9.89. The molecule has 4 nitrogen and oxygen atoms in total. The van der Waals surface area contributed by atoms with Crippen LogP contribution in [0.25, 0.3) is 72.2 Å². The molecule has 0 saturated carbocycles. The van der Waals surface area contributed by atoms with Crippen molar-refractivity contribution in [1.82, 2.24) is 14.5 Å². The maximum absolute atomic E-state index is 7.08. The molecule has 6 aromatic carbocycles. The molecule has 0 spiro atoms. The largest absolute Gasteiger partial charge is 0.453 e. The number of rotatable bonds is 3. The lowest BCUT2D eigenvalue weighted by molar-refractivity contribution is 0.627. The Morgan fingerprint density at radius 3 is 2.11 bits per heavy atom. The van der Waals surface area contributed by atoms with Crippen LogP contribution in [-0.4, -0.2) is 14.5 Å². The molecule has 9 aromatic rings. The molecule has 3 aromatic heterocycles. The van der Waals surface area contributed by atoms with E-state index in [2.05, 4.69) is 139 Å². The highest BCUT2D eigenvalue weighted by atomic mass is 16.3. The van der Waals surface area contributed by atoms with Crippen LogP contribution in [0.1, 0.15) is 23.6 Å². The van der Waals surface area contributed by atoms with Crippen LogP contribution in [0.2, 0.25) is 0 Å². The van der Waals surface area contributed by atoms with E-state index in [9.17, 15) is 0 Å². The molecule has 0 N–H and O–H groups in total. The molecule has 0 fully saturated rings. The van der Waals surface area contributed by atoms with E-state index in [1.165, 1.54) is 16.7 Å². The molecule has 216 valence electrons. The quantitative estimate of drug-likeness (QED) is 0.206. The number of hydrogen-bond donors (Lipinski definition) is 0. The molecule has 46 heavy (non-hydrogen) atoms. The average Bonchev–Trinajstić information content (AvgIpc) is 3.76. The maximum atomic E-state index is 7.08. The molecule has 0 bridgehead atoms. The Kier molecular flexibility index (Phi) is 5.10. The number of furan rings is 1. The van der Waals surface area contributed by atoms with Gasteiger partial charge in [0.25, 0.3) is 0 Å². The molecule has 0 aliphatic heterocycles. The van der Waals surface area contributed by atoms with E-state index in [1.54, 1.807) is 0 Å². The number of para-hydroxylation sites is 2. The van der Waals surface area contributed by atoms with Crippen LogP contribution in [0, 0.1) is 0 Å². The van der Waals surface area contributed by atoms with Gasteiger partial charge in [0.05, 0.1) is 16.7 Å². The van der Waals surface area contributed by atoms with Gasteiger partial charge in [-0.05, 0) is 36.2 Å². The molecule has 1 aliphatic rings. The molecule has 4 heteroatoms. The number of fused-ring (bicyclic) bond motifs is 10. The molecule has 1 unspecified atom stereocenters. The summed E-state index contributed by atoms with van der Waals surface area (Å²) in [6.45, 7) is 2.33. The van der Waals surface area contributed by atoms with E-state index in [4.69, 9.17) is 14.4 Å².